The number of hydrogen-bond donors (Lipinski definition) is 4. The van der Waals surface area contributed by atoms with Gasteiger partial charge in [0.25, 0.3) is 5.91 Å². The van der Waals surface area contributed by atoms with Gasteiger partial charge in [-0.05, 0) is 61.6 Å². The van der Waals surface area contributed by atoms with Crippen LogP contribution in [0, 0.1) is 6.92 Å². The van der Waals surface area contributed by atoms with Gasteiger partial charge in [-0.15, -0.1) is 11.3 Å². The lowest BCUT2D eigenvalue weighted by molar-refractivity contribution is 0.0938. The van der Waals surface area contributed by atoms with Crippen LogP contribution in [-0.2, 0) is 12.8 Å². The molecule has 1 saturated heterocycles. The number of amides is 1. The number of rotatable bonds is 4. The van der Waals surface area contributed by atoms with Crippen LogP contribution in [0.1, 0.15) is 32.9 Å². The fourth-order valence-electron chi connectivity index (χ4n) is 4.75. The van der Waals surface area contributed by atoms with Gasteiger partial charge in [0, 0.05) is 48.5 Å². The maximum atomic E-state index is 13.0. The van der Waals surface area contributed by atoms with Crippen LogP contribution in [-0.4, -0.2) is 54.3 Å². The zero-order chi connectivity index (χ0) is 22.2. The first-order valence-electron chi connectivity index (χ1n) is 11.2. The van der Waals surface area contributed by atoms with Crippen molar-refractivity contribution in [1.82, 2.24) is 15.6 Å². The van der Waals surface area contributed by atoms with E-state index in [0.29, 0.717) is 10.6 Å². The van der Waals surface area contributed by atoms with Crippen LogP contribution in [0.4, 0.5) is 11.4 Å². The number of nitrogens with one attached hydrogen (secondary N) is 2. The first-order valence-corrected chi connectivity index (χ1v) is 12.0. The van der Waals surface area contributed by atoms with Crippen LogP contribution < -0.4 is 21.3 Å². The van der Waals surface area contributed by atoms with Crippen LogP contribution in [0.2, 0.25) is 0 Å². The third-order valence-corrected chi connectivity index (χ3v) is 7.65. The van der Waals surface area contributed by atoms with Crippen molar-refractivity contribution in [2.24, 2.45) is 0 Å². The Hall–Kier alpha value is -2.68. The quantitative estimate of drug-likeness (QED) is 0.485. The van der Waals surface area contributed by atoms with Gasteiger partial charge in [0.2, 0.25) is 0 Å². The minimum atomic E-state index is -0.107. The number of nitrogen functional groups attached to an aromatic ring is 1. The van der Waals surface area contributed by atoms with Gasteiger partial charge >= 0.3 is 0 Å². The van der Waals surface area contributed by atoms with Crippen molar-refractivity contribution in [3.05, 3.63) is 52.0 Å². The van der Waals surface area contributed by atoms with Crippen molar-refractivity contribution in [3.63, 3.8) is 0 Å². The Morgan fingerprint density at radius 1 is 1.34 bits per heavy atom. The first-order chi connectivity index (χ1) is 15.5. The van der Waals surface area contributed by atoms with E-state index in [0.717, 1.165) is 54.8 Å². The summed E-state index contributed by atoms with van der Waals surface area (Å²) in [6.07, 6.45) is 2.67. The molecule has 0 unspecified atom stereocenters. The van der Waals surface area contributed by atoms with Gasteiger partial charge in [-0.1, -0.05) is 6.07 Å². The number of aromatic nitrogens is 1. The molecule has 5 N–H and O–H groups in total. The fourth-order valence-corrected chi connectivity index (χ4v) is 5.80. The normalized spacial score (nSPS) is 20.9. The van der Waals surface area contributed by atoms with Crippen molar-refractivity contribution in [3.8, 4) is 0 Å². The number of pyridine rings is 1. The summed E-state index contributed by atoms with van der Waals surface area (Å²) in [7, 11) is 0. The Bertz CT molecular complexity index is 1160. The number of nitrogens with zero attached hydrogens (tertiary/aromatic N) is 2. The van der Waals surface area contributed by atoms with Gasteiger partial charge < -0.3 is 26.4 Å². The van der Waals surface area contributed by atoms with Crippen molar-refractivity contribution < 1.29 is 9.90 Å². The molecule has 8 heteroatoms. The summed E-state index contributed by atoms with van der Waals surface area (Å²) in [5.74, 6) is -0.107. The molecule has 0 saturated carbocycles. The SMILES string of the molecule is Cc1ccc2c(N)c(C(=O)N[C@H]3CCc4cc(N5CCN[C@@H](CO)C5)ccc4C3)sc2n1. The highest BCUT2D eigenvalue weighted by Gasteiger charge is 2.25. The van der Waals surface area contributed by atoms with Crippen molar-refractivity contribution >= 4 is 38.8 Å². The highest BCUT2D eigenvalue weighted by atomic mass is 32.1. The van der Waals surface area contributed by atoms with Crippen molar-refractivity contribution in [2.45, 2.75) is 38.3 Å². The van der Waals surface area contributed by atoms with E-state index in [1.54, 1.807) is 0 Å². The number of hydrogen-bond acceptors (Lipinski definition) is 7. The highest BCUT2D eigenvalue weighted by molar-refractivity contribution is 7.21. The number of thiophene rings is 1. The van der Waals surface area contributed by atoms with E-state index in [2.05, 4.69) is 38.7 Å². The molecule has 5 rings (SSSR count). The Morgan fingerprint density at radius 2 is 2.22 bits per heavy atom. The third kappa shape index (κ3) is 4.05. The van der Waals surface area contributed by atoms with E-state index in [1.807, 2.05) is 19.1 Å². The predicted molar refractivity (Wildman–Crippen MR) is 130 cm³/mol. The molecule has 1 aromatic carbocycles. The predicted octanol–water partition coefficient (Wildman–Crippen LogP) is 2.24. The monoisotopic (exact) mass is 451 g/mol. The Kier molecular flexibility index (Phi) is 5.75. The molecule has 168 valence electrons. The molecule has 3 aromatic rings. The highest BCUT2D eigenvalue weighted by Crippen LogP contribution is 2.33. The molecule has 7 nitrogen and oxygen atoms in total. The molecule has 2 aliphatic rings. The minimum absolute atomic E-state index is 0.0955. The van der Waals surface area contributed by atoms with E-state index < -0.39 is 0 Å². The summed E-state index contributed by atoms with van der Waals surface area (Å²) in [6, 6.07) is 10.7. The van der Waals surface area contributed by atoms with Crippen LogP contribution in [0.25, 0.3) is 10.2 Å². The average Bonchev–Trinajstić information content (AvgIpc) is 3.14. The summed E-state index contributed by atoms with van der Waals surface area (Å²) in [6.45, 7) is 4.74. The number of anilines is 2. The standard InChI is InChI=1S/C24H29N5O2S/c1-14-2-7-20-21(25)22(32-24(20)27-14)23(31)28-17-5-3-16-11-19(6-4-15(16)10-17)29-9-8-26-18(12-29)13-30/h2,4,6-7,11,17-18,26,30H,3,5,8-10,12-13,25H2,1H3,(H,28,31)/t17-,18+/m0/s1. The molecule has 1 aliphatic heterocycles. The zero-order valence-electron chi connectivity index (χ0n) is 18.2. The minimum Gasteiger partial charge on any atom is -0.397 e. The summed E-state index contributed by atoms with van der Waals surface area (Å²) in [4.78, 5) is 21.2. The number of piperazine rings is 1. The van der Waals surface area contributed by atoms with Gasteiger partial charge in [0.1, 0.15) is 9.71 Å². The number of aliphatic hydroxyl groups excluding tert-OH is 1. The molecule has 0 bridgehead atoms. The lowest BCUT2D eigenvalue weighted by atomic mass is 9.87. The Morgan fingerprint density at radius 3 is 3.06 bits per heavy atom. The fraction of sp³-hybridized carbons (Fsp3) is 0.417. The number of fused-ring (bicyclic) bond motifs is 2. The van der Waals surface area contributed by atoms with E-state index in [1.165, 1.54) is 28.2 Å². The van der Waals surface area contributed by atoms with E-state index >= 15 is 0 Å². The first kappa shape index (κ1) is 21.2. The van der Waals surface area contributed by atoms with Gasteiger partial charge in [-0.2, -0.15) is 0 Å². The van der Waals surface area contributed by atoms with E-state index in [9.17, 15) is 9.90 Å². The molecule has 2 atom stereocenters. The third-order valence-electron chi connectivity index (χ3n) is 6.53. The maximum absolute atomic E-state index is 13.0. The Labute approximate surface area is 191 Å². The lowest BCUT2D eigenvalue weighted by Crippen LogP contribution is -2.52. The Balaban J connectivity index is 1.28. The van der Waals surface area contributed by atoms with Crippen LogP contribution in [0.3, 0.4) is 0 Å². The summed E-state index contributed by atoms with van der Waals surface area (Å²) < 4.78 is 0. The summed E-state index contributed by atoms with van der Waals surface area (Å²) >= 11 is 1.36. The molecule has 0 spiro atoms. The van der Waals surface area contributed by atoms with Gasteiger partial charge in [-0.3, -0.25) is 4.79 Å². The van der Waals surface area contributed by atoms with E-state index in [-0.39, 0.29) is 24.6 Å². The van der Waals surface area contributed by atoms with Crippen LogP contribution in [0.5, 0.6) is 0 Å². The van der Waals surface area contributed by atoms with Gasteiger partial charge in [0.15, 0.2) is 0 Å². The number of aryl methyl sites for hydroxylation is 2. The van der Waals surface area contributed by atoms with Crippen molar-refractivity contribution in [1.29, 1.82) is 0 Å². The maximum Gasteiger partial charge on any atom is 0.263 e. The van der Waals surface area contributed by atoms with Crippen LogP contribution >= 0.6 is 11.3 Å². The molecule has 3 heterocycles. The topological polar surface area (TPSA) is 104 Å². The van der Waals surface area contributed by atoms with Crippen LogP contribution in [0.15, 0.2) is 30.3 Å². The molecule has 2 aromatic heterocycles. The molecule has 1 amide bonds. The molecular weight excluding hydrogens is 422 g/mol. The smallest absolute Gasteiger partial charge is 0.263 e. The lowest BCUT2D eigenvalue weighted by Gasteiger charge is -2.35. The second kappa shape index (κ2) is 8.69. The second-order valence-corrected chi connectivity index (χ2v) is 9.80. The molecule has 1 aliphatic carbocycles. The van der Waals surface area contributed by atoms with Gasteiger partial charge in [0.05, 0.1) is 12.3 Å². The summed E-state index contributed by atoms with van der Waals surface area (Å²) in [5, 5.41) is 16.9. The molecule has 0 radical (unpaired) electrons. The number of carbonyl (C=O) groups excluding carboxylic acids is 1. The zero-order valence-corrected chi connectivity index (χ0v) is 19.0. The van der Waals surface area contributed by atoms with E-state index in [4.69, 9.17) is 5.73 Å². The van der Waals surface area contributed by atoms with Crippen molar-refractivity contribution in [2.75, 3.05) is 36.9 Å². The largest absolute Gasteiger partial charge is 0.397 e. The molecule has 32 heavy (non-hydrogen) atoms. The average molecular weight is 452 g/mol. The second-order valence-electron chi connectivity index (χ2n) is 8.80. The van der Waals surface area contributed by atoms with Gasteiger partial charge in [-0.25, -0.2) is 4.98 Å². The number of carbonyl (C=O) groups is 1. The molecule has 1 fully saturated rings. The number of benzene rings is 1. The number of nitrogens with two attached hydrogens (primary N) is 1. The summed E-state index contributed by atoms with van der Waals surface area (Å²) in [5.41, 5.74) is 11.6. The number of aliphatic hydroxyl groups is 1. The molecular formula is C24H29N5O2S.